The van der Waals surface area contributed by atoms with Crippen molar-refractivity contribution >= 4 is 43.8 Å². The first-order chi connectivity index (χ1) is 12.0. The molecule has 1 N–H and O–H groups in total. The maximum atomic E-state index is 12.7. The molecule has 2 aromatic carbocycles. The fourth-order valence-corrected chi connectivity index (χ4v) is 4.82. The quantitative estimate of drug-likeness (QED) is 0.580. The number of fused-ring (bicyclic) bond motifs is 2. The molecule has 0 aliphatic heterocycles. The highest BCUT2D eigenvalue weighted by Crippen LogP contribution is 2.23. The maximum absolute atomic E-state index is 12.7. The van der Waals surface area contributed by atoms with Gasteiger partial charge in [0.25, 0.3) is 0 Å². The Kier molecular flexibility index (Phi) is 4.03. The van der Waals surface area contributed by atoms with Gasteiger partial charge in [0.05, 0.1) is 11.7 Å². The molecule has 25 heavy (non-hydrogen) atoms. The van der Waals surface area contributed by atoms with Crippen LogP contribution in [-0.4, -0.2) is 23.2 Å². The monoisotopic (exact) mass is 373 g/mol. The first kappa shape index (κ1) is 16.2. The molecule has 2 aromatic heterocycles. The highest BCUT2D eigenvalue weighted by Gasteiger charge is 2.22. The van der Waals surface area contributed by atoms with E-state index in [2.05, 4.69) is 13.5 Å². The molecule has 0 spiro atoms. The molecule has 1 atom stereocenters. The van der Waals surface area contributed by atoms with E-state index in [1.54, 1.807) is 18.2 Å². The molecule has 0 saturated carbocycles. The van der Waals surface area contributed by atoms with Crippen LogP contribution < -0.4 is 4.72 Å². The molecule has 0 fully saturated rings. The van der Waals surface area contributed by atoms with E-state index in [0.717, 1.165) is 28.5 Å². The number of benzene rings is 2. The van der Waals surface area contributed by atoms with Crippen LogP contribution >= 0.6 is 11.7 Å². The molecule has 6 nitrogen and oxygen atoms in total. The lowest BCUT2D eigenvalue weighted by molar-refractivity contribution is 0.504. The summed E-state index contributed by atoms with van der Waals surface area (Å²) in [4.78, 5) is 0.148. The Bertz CT molecular complexity index is 1120. The third-order valence-corrected chi connectivity index (χ3v) is 6.04. The van der Waals surface area contributed by atoms with Crippen molar-refractivity contribution in [2.45, 2.75) is 24.3 Å². The second-order valence-corrected chi connectivity index (χ2v) is 8.08. The molecule has 0 radical (unpaired) electrons. The van der Waals surface area contributed by atoms with Gasteiger partial charge in [-0.1, -0.05) is 24.3 Å². The Hall–Kier alpha value is -2.29. The van der Waals surface area contributed by atoms with Gasteiger partial charge in [0.1, 0.15) is 27.3 Å². The van der Waals surface area contributed by atoms with Gasteiger partial charge in [-0.3, -0.25) is 0 Å². The van der Waals surface area contributed by atoms with Gasteiger partial charge >= 0.3 is 0 Å². The zero-order valence-electron chi connectivity index (χ0n) is 13.3. The zero-order chi connectivity index (χ0) is 17.4. The largest absolute Gasteiger partial charge is 0.461 e. The molecule has 4 rings (SSSR count). The minimum atomic E-state index is -3.69. The van der Waals surface area contributed by atoms with Gasteiger partial charge in [-0.05, 0) is 31.2 Å². The van der Waals surface area contributed by atoms with Crippen molar-refractivity contribution in [2.75, 3.05) is 0 Å². The summed E-state index contributed by atoms with van der Waals surface area (Å²) in [7, 11) is -3.69. The van der Waals surface area contributed by atoms with Gasteiger partial charge in [0, 0.05) is 17.8 Å². The lowest BCUT2D eigenvalue weighted by atomic mass is 10.2. The number of sulfonamides is 1. The predicted octanol–water partition coefficient (Wildman–Crippen LogP) is 3.35. The second kappa shape index (κ2) is 6.21. The molecular weight excluding hydrogens is 358 g/mol. The van der Waals surface area contributed by atoms with E-state index >= 15 is 0 Å². The van der Waals surface area contributed by atoms with Crippen molar-refractivity contribution < 1.29 is 12.8 Å². The Labute approximate surface area is 148 Å². The normalized spacial score (nSPS) is 13.5. The first-order valence-corrected chi connectivity index (χ1v) is 9.95. The van der Waals surface area contributed by atoms with E-state index in [1.807, 2.05) is 37.3 Å². The smallest absolute Gasteiger partial charge is 0.243 e. The number of nitrogens with zero attached hydrogens (tertiary/aromatic N) is 2. The molecule has 2 heterocycles. The molecular formula is C17H15N3O3S2. The van der Waals surface area contributed by atoms with Crippen LogP contribution in [0.5, 0.6) is 0 Å². The summed E-state index contributed by atoms with van der Waals surface area (Å²) in [5.41, 5.74) is 1.78. The minimum Gasteiger partial charge on any atom is -0.461 e. The molecule has 0 amide bonds. The van der Waals surface area contributed by atoms with Crippen LogP contribution in [0.25, 0.3) is 22.0 Å². The van der Waals surface area contributed by atoms with Crippen LogP contribution in [0, 0.1) is 0 Å². The molecule has 128 valence electrons. The zero-order valence-corrected chi connectivity index (χ0v) is 15.0. The molecule has 0 aliphatic rings. The van der Waals surface area contributed by atoms with E-state index in [0.29, 0.717) is 17.5 Å². The number of hydrogen-bond acceptors (Lipinski definition) is 6. The number of nitrogens with one attached hydrogen (secondary N) is 1. The fraction of sp³-hybridized carbons (Fsp3) is 0.176. The highest BCUT2D eigenvalue weighted by molar-refractivity contribution is 7.89. The van der Waals surface area contributed by atoms with Gasteiger partial charge in [-0.25, -0.2) is 13.1 Å². The predicted molar refractivity (Wildman–Crippen MR) is 97.1 cm³/mol. The average molecular weight is 373 g/mol. The summed E-state index contributed by atoms with van der Waals surface area (Å²) in [5, 5.41) is 1.01. The van der Waals surface area contributed by atoms with Gasteiger partial charge < -0.3 is 4.42 Å². The summed E-state index contributed by atoms with van der Waals surface area (Å²) in [5.74, 6) is 0.741. The third kappa shape index (κ3) is 3.15. The van der Waals surface area contributed by atoms with Crippen LogP contribution in [0.4, 0.5) is 0 Å². The number of aromatic nitrogens is 2. The topological polar surface area (TPSA) is 85.1 Å². The summed E-state index contributed by atoms with van der Waals surface area (Å²) < 4.78 is 42.1. The Morgan fingerprint density at radius 2 is 2.00 bits per heavy atom. The van der Waals surface area contributed by atoms with Gasteiger partial charge in [0.15, 0.2) is 0 Å². The number of hydrogen-bond donors (Lipinski definition) is 1. The molecule has 4 aromatic rings. The van der Waals surface area contributed by atoms with Crippen molar-refractivity contribution in [3.05, 3.63) is 54.3 Å². The van der Waals surface area contributed by atoms with Crippen LogP contribution in [0.1, 0.15) is 12.7 Å². The van der Waals surface area contributed by atoms with E-state index < -0.39 is 10.0 Å². The van der Waals surface area contributed by atoms with Crippen LogP contribution in [0.2, 0.25) is 0 Å². The molecule has 0 aliphatic carbocycles. The number of furan rings is 1. The second-order valence-electron chi connectivity index (χ2n) is 5.87. The molecule has 1 unspecified atom stereocenters. The third-order valence-electron chi connectivity index (χ3n) is 3.88. The van der Waals surface area contributed by atoms with Crippen LogP contribution in [0.3, 0.4) is 0 Å². The SMILES string of the molecule is CC(Cc1cc2ccccc2o1)NS(=O)(=O)c1cccc2nsnc12. The van der Waals surface area contributed by atoms with Crippen LogP contribution in [-0.2, 0) is 16.4 Å². The molecule has 0 bridgehead atoms. The standard InChI is InChI=1S/C17H15N3O3S2/c1-11(9-13-10-12-5-2-3-7-15(12)23-13)20-25(21,22)16-8-4-6-14-17(16)19-24-18-14/h2-8,10-11,20H,9H2,1H3. The van der Waals surface area contributed by atoms with Crippen molar-refractivity contribution in [1.82, 2.24) is 13.5 Å². The summed E-state index contributed by atoms with van der Waals surface area (Å²) in [6, 6.07) is 14.3. The molecule has 8 heteroatoms. The fourth-order valence-electron chi connectivity index (χ4n) is 2.81. The first-order valence-electron chi connectivity index (χ1n) is 7.74. The van der Waals surface area contributed by atoms with E-state index in [4.69, 9.17) is 4.42 Å². The summed E-state index contributed by atoms with van der Waals surface area (Å²) in [6.45, 7) is 1.81. The average Bonchev–Trinajstić information content (AvgIpc) is 3.19. The Morgan fingerprint density at radius 3 is 2.84 bits per heavy atom. The van der Waals surface area contributed by atoms with E-state index in [9.17, 15) is 8.42 Å². The number of rotatable bonds is 5. The summed E-state index contributed by atoms with van der Waals surface area (Å²) in [6.07, 6.45) is 0.458. The van der Waals surface area contributed by atoms with Crippen molar-refractivity contribution in [3.63, 3.8) is 0 Å². The minimum absolute atomic E-state index is 0.148. The van der Waals surface area contributed by atoms with Gasteiger partial charge in [-0.2, -0.15) is 8.75 Å². The van der Waals surface area contributed by atoms with Gasteiger partial charge in [0.2, 0.25) is 10.0 Å². The molecule has 0 saturated heterocycles. The van der Waals surface area contributed by atoms with Crippen molar-refractivity contribution in [3.8, 4) is 0 Å². The van der Waals surface area contributed by atoms with Crippen molar-refractivity contribution in [1.29, 1.82) is 0 Å². The van der Waals surface area contributed by atoms with E-state index in [1.165, 1.54) is 0 Å². The van der Waals surface area contributed by atoms with Crippen molar-refractivity contribution in [2.24, 2.45) is 0 Å². The highest BCUT2D eigenvalue weighted by atomic mass is 32.2. The summed E-state index contributed by atoms with van der Waals surface area (Å²) >= 11 is 1.000. The lowest BCUT2D eigenvalue weighted by Gasteiger charge is -2.13. The Balaban J connectivity index is 1.57. The maximum Gasteiger partial charge on any atom is 0.243 e. The Morgan fingerprint density at radius 1 is 1.16 bits per heavy atom. The van der Waals surface area contributed by atoms with Gasteiger partial charge in [-0.15, -0.1) is 0 Å². The number of para-hydroxylation sites is 1. The van der Waals surface area contributed by atoms with Crippen LogP contribution in [0.15, 0.2) is 57.8 Å². The van der Waals surface area contributed by atoms with E-state index in [-0.39, 0.29) is 10.9 Å². The lowest BCUT2D eigenvalue weighted by Crippen LogP contribution is -2.34.